The van der Waals surface area contributed by atoms with E-state index in [4.69, 9.17) is 9.47 Å². The maximum absolute atomic E-state index is 13.4. The smallest absolute Gasteiger partial charge is 0.257 e. The molecule has 0 saturated carbocycles. The van der Waals surface area contributed by atoms with Crippen molar-refractivity contribution in [2.24, 2.45) is 7.05 Å². The molecule has 3 heterocycles. The second-order valence-corrected chi connectivity index (χ2v) is 9.15. The van der Waals surface area contributed by atoms with Crippen molar-refractivity contribution in [3.8, 4) is 22.8 Å². The molecule has 178 valence electrons. The highest BCUT2D eigenvalue weighted by Crippen LogP contribution is 2.35. The lowest BCUT2D eigenvalue weighted by Crippen LogP contribution is -2.29. The molecule has 0 spiro atoms. The molecule has 0 aliphatic carbocycles. The summed E-state index contributed by atoms with van der Waals surface area (Å²) < 4.78 is 13.3. The third-order valence-corrected chi connectivity index (χ3v) is 6.50. The Balaban J connectivity index is 1.32. The van der Waals surface area contributed by atoms with E-state index in [2.05, 4.69) is 34.3 Å². The fourth-order valence-electron chi connectivity index (χ4n) is 4.68. The van der Waals surface area contributed by atoms with Crippen molar-refractivity contribution in [1.29, 1.82) is 0 Å². The van der Waals surface area contributed by atoms with Crippen LogP contribution >= 0.6 is 0 Å². The van der Waals surface area contributed by atoms with Gasteiger partial charge in [0.1, 0.15) is 5.69 Å². The Labute approximate surface area is 200 Å². The van der Waals surface area contributed by atoms with E-state index in [-0.39, 0.29) is 5.91 Å². The number of ether oxygens (including phenoxy) is 2. The van der Waals surface area contributed by atoms with Crippen molar-refractivity contribution in [3.63, 3.8) is 0 Å². The van der Waals surface area contributed by atoms with Gasteiger partial charge in [-0.15, -0.1) is 0 Å². The minimum atomic E-state index is -0.0599. The standard InChI is InChI=1S/C27H32N4O3/c1-29(18-20-7-10-22(11-8-20)31-13-4-3-5-14-31)27(32)23-19-30(2)28-26(23)21-9-12-24-25(17-21)34-16-6-15-33-24/h7-12,17,19H,3-6,13-16,18H2,1-2H3. The average Bonchev–Trinajstić information content (AvgIpc) is 3.10. The van der Waals surface area contributed by atoms with Crippen LogP contribution in [0.1, 0.15) is 41.6 Å². The summed E-state index contributed by atoms with van der Waals surface area (Å²) >= 11 is 0. The molecule has 7 heteroatoms. The number of carbonyl (C=O) groups excluding carboxylic acids is 1. The number of nitrogens with zero attached hydrogens (tertiary/aromatic N) is 4. The second kappa shape index (κ2) is 9.79. The van der Waals surface area contributed by atoms with Gasteiger partial charge in [0.25, 0.3) is 5.91 Å². The first-order valence-corrected chi connectivity index (χ1v) is 12.1. The van der Waals surface area contributed by atoms with Crippen LogP contribution in [0.3, 0.4) is 0 Å². The maximum Gasteiger partial charge on any atom is 0.257 e. The van der Waals surface area contributed by atoms with Crippen LogP contribution < -0.4 is 14.4 Å². The molecule has 0 N–H and O–H groups in total. The summed E-state index contributed by atoms with van der Waals surface area (Å²) in [5.74, 6) is 1.37. The summed E-state index contributed by atoms with van der Waals surface area (Å²) in [4.78, 5) is 17.6. The van der Waals surface area contributed by atoms with Gasteiger partial charge >= 0.3 is 0 Å². The van der Waals surface area contributed by atoms with E-state index in [9.17, 15) is 4.79 Å². The largest absolute Gasteiger partial charge is 0.490 e. The topological polar surface area (TPSA) is 59.8 Å². The third kappa shape index (κ3) is 4.74. The van der Waals surface area contributed by atoms with Crippen molar-refractivity contribution in [2.75, 3.05) is 38.3 Å². The molecule has 2 aromatic carbocycles. The molecule has 2 aliphatic heterocycles. The van der Waals surface area contributed by atoms with Crippen molar-refractivity contribution >= 4 is 11.6 Å². The molecule has 1 saturated heterocycles. The van der Waals surface area contributed by atoms with Gasteiger partial charge in [0, 0.05) is 57.6 Å². The zero-order valence-corrected chi connectivity index (χ0v) is 20.0. The summed E-state index contributed by atoms with van der Waals surface area (Å²) in [5, 5.41) is 4.59. The van der Waals surface area contributed by atoms with Crippen LogP contribution in [0.15, 0.2) is 48.7 Å². The van der Waals surface area contributed by atoms with E-state index in [1.54, 1.807) is 15.8 Å². The lowest BCUT2D eigenvalue weighted by molar-refractivity contribution is 0.0785. The molecular weight excluding hydrogens is 428 g/mol. The minimum absolute atomic E-state index is 0.0599. The summed E-state index contributed by atoms with van der Waals surface area (Å²) in [6.45, 7) is 4.05. The molecular formula is C27H32N4O3. The van der Waals surface area contributed by atoms with E-state index in [1.165, 1.54) is 24.9 Å². The lowest BCUT2D eigenvalue weighted by Gasteiger charge is -2.29. The molecule has 7 nitrogen and oxygen atoms in total. The number of hydrogen-bond donors (Lipinski definition) is 0. The van der Waals surface area contributed by atoms with Crippen molar-refractivity contribution in [2.45, 2.75) is 32.2 Å². The number of carbonyl (C=O) groups is 1. The van der Waals surface area contributed by atoms with Gasteiger partial charge in [0.2, 0.25) is 0 Å². The lowest BCUT2D eigenvalue weighted by atomic mass is 10.1. The van der Waals surface area contributed by atoms with Gasteiger partial charge in [-0.05, 0) is 55.2 Å². The van der Waals surface area contributed by atoms with Crippen LogP contribution in [-0.4, -0.2) is 53.9 Å². The van der Waals surface area contributed by atoms with Crippen LogP contribution in [0.5, 0.6) is 11.5 Å². The monoisotopic (exact) mass is 460 g/mol. The molecule has 1 fully saturated rings. The SMILES string of the molecule is CN(Cc1ccc(N2CCCCC2)cc1)C(=O)c1cn(C)nc1-c1ccc2c(c1)OCCCO2. The van der Waals surface area contributed by atoms with Crippen molar-refractivity contribution < 1.29 is 14.3 Å². The number of aromatic nitrogens is 2. The Morgan fingerprint density at radius 2 is 1.71 bits per heavy atom. The van der Waals surface area contributed by atoms with Gasteiger partial charge < -0.3 is 19.3 Å². The van der Waals surface area contributed by atoms with Gasteiger partial charge in [-0.3, -0.25) is 9.48 Å². The number of anilines is 1. The van der Waals surface area contributed by atoms with Crippen molar-refractivity contribution in [1.82, 2.24) is 14.7 Å². The van der Waals surface area contributed by atoms with Gasteiger partial charge in [-0.2, -0.15) is 5.10 Å². The maximum atomic E-state index is 13.4. The molecule has 3 aromatic rings. The minimum Gasteiger partial charge on any atom is -0.490 e. The zero-order valence-electron chi connectivity index (χ0n) is 20.0. The van der Waals surface area contributed by atoms with Gasteiger partial charge in [-0.1, -0.05) is 12.1 Å². The van der Waals surface area contributed by atoms with Crippen LogP contribution in [-0.2, 0) is 13.6 Å². The molecule has 0 bridgehead atoms. The first-order valence-electron chi connectivity index (χ1n) is 12.1. The molecule has 0 radical (unpaired) electrons. The van der Waals surface area contributed by atoms with Gasteiger partial charge in [0.15, 0.2) is 11.5 Å². The molecule has 5 rings (SSSR count). The Bertz CT molecular complexity index is 1150. The quantitative estimate of drug-likeness (QED) is 0.561. The summed E-state index contributed by atoms with van der Waals surface area (Å²) in [6.07, 6.45) is 6.48. The van der Waals surface area contributed by atoms with Crippen molar-refractivity contribution in [3.05, 3.63) is 59.8 Å². The molecule has 0 unspecified atom stereocenters. The first kappa shape index (κ1) is 22.3. The van der Waals surface area contributed by atoms with E-state index in [0.717, 1.165) is 36.4 Å². The summed E-state index contributed by atoms with van der Waals surface area (Å²) in [7, 11) is 3.67. The Morgan fingerprint density at radius 1 is 0.971 bits per heavy atom. The highest BCUT2D eigenvalue weighted by Gasteiger charge is 2.22. The Morgan fingerprint density at radius 3 is 2.47 bits per heavy atom. The van der Waals surface area contributed by atoms with E-state index in [1.807, 2.05) is 32.3 Å². The van der Waals surface area contributed by atoms with Crippen LogP contribution in [0.25, 0.3) is 11.3 Å². The van der Waals surface area contributed by atoms with E-state index in [0.29, 0.717) is 36.8 Å². The zero-order chi connectivity index (χ0) is 23.5. The summed E-state index contributed by atoms with van der Waals surface area (Å²) in [6, 6.07) is 14.3. The molecule has 0 atom stereocenters. The highest BCUT2D eigenvalue weighted by molar-refractivity contribution is 5.99. The van der Waals surface area contributed by atoms with Crippen LogP contribution in [0.2, 0.25) is 0 Å². The third-order valence-electron chi connectivity index (χ3n) is 6.50. The van der Waals surface area contributed by atoms with Crippen LogP contribution in [0, 0.1) is 0 Å². The number of rotatable bonds is 5. The van der Waals surface area contributed by atoms with Crippen LogP contribution in [0.4, 0.5) is 5.69 Å². The van der Waals surface area contributed by atoms with E-state index < -0.39 is 0 Å². The average molecular weight is 461 g/mol. The molecule has 2 aliphatic rings. The number of hydrogen-bond acceptors (Lipinski definition) is 5. The predicted octanol–water partition coefficient (Wildman–Crippen LogP) is 4.51. The fraction of sp³-hybridized carbons (Fsp3) is 0.407. The molecule has 34 heavy (non-hydrogen) atoms. The number of amides is 1. The second-order valence-electron chi connectivity index (χ2n) is 9.15. The summed E-state index contributed by atoms with van der Waals surface area (Å²) in [5.41, 5.74) is 4.44. The first-order chi connectivity index (χ1) is 16.6. The Hall–Kier alpha value is -3.48. The Kier molecular flexibility index (Phi) is 6.43. The fourth-order valence-corrected chi connectivity index (χ4v) is 4.68. The number of fused-ring (bicyclic) bond motifs is 1. The predicted molar refractivity (Wildman–Crippen MR) is 133 cm³/mol. The molecule has 1 aromatic heterocycles. The highest BCUT2D eigenvalue weighted by atomic mass is 16.5. The normalized spacial score (nSPS) is 15.6. The van der Waals surface area contributed by atoms with Gasteiger partial charge in [-0.25, -0.2) is 0 Å². The number of benzene rings is 2. The number of aryl methyl sites for hydroxylation is 1. The van der Waals surface area contributed by atoms with E-state index >= 15 is 0 Å². The van der Waals surface area contributed by atoms with Gasteiger partial charge in [0.05, 0.1) is 18.8 Å². The number of piperidine rings is 1. The molecule has 1 amide bonds.